The Labute approximate surface area is 124 Å². The van der Waals surface area contributed by atoms with Gasteiger partial charge in [0.25, 0.3) is 0 Å². The molecule has 7 heteroatoms. The molecule has 1 unspecified atom stereocenters. The average Bonchev–Trinajstić information content (AvgIpc) is 2.48. The van der Waals surface area contributed by atoms with Crippen LogP contribution in [0.15, 0.2) is 0 Å². The van der Waals surface area contributed by atoms with Gasteiger partial charge < -0.3 is 19.9 Å². The molecule has 0 radical (unpaired) electrons. The number of nitrogens with zero attached hydrogens (tertiary/aromatic N) is 2. The number of piperazine rings is 1. The molecule has 0 aliphatic carbocycles. The van der Waals surface area contributed by atoms with Crippen molar-refractivity contribution in [3.63, 3.8) is 0 Å². The van der Waals surface area contributed by atoms with Crippen LogP contribution in [0.25, 0.3) is 0 Å². The van der Waals surface area contributed by atoms with Crippen molar-refractivity contribution in [1.82, 2.24) is 15.1 Å². The van der Waals surface area contributed by atoms with Gasteiger partial charge in [-0.25, -0.2) is 0 Å². The number of carbonyl (C=O) groups excluding carboxylic acids is 2. The van der Waals surface area contributed by atoms with Gasteiger partial charge in [-0.3, -0.25) is 9.59 Å². The zero-order valence-corrected chi connectivity index (χ0v) is 12.8. The van der Waals surface area contributed by atoms with Crippen molar-refractivity contribution < 1.29 is 14.3 Å². The minimum Gasteiger partial charge on any atom is -0.378 e. The molecule has 0 aromatic carbocycles. The Morgan fingerprint density at radius 1 is 1.15 bits per heavy atom. The largest absolute Gasteiger partial charge is 0.378 e. The van der Waals surface area contributed by atoms with E-state index in [1.54, 1.807) is 0 Å². The van der Waals surface area contributed by atoms with E-state index >= 15 is 0 Å². The van der Waals surface area contributed by atoms with Crippen LogP contribution < -0.4 is 5.32 Å². The van der Waals surface area contributed by atoms with Gasteiger partial charge in [0.2, 0.25) is 11.8 Å². The number of amides is 2. The summed E-state index contributed by atoms with van der Waals surface area (Å²) in [4.78, 5) is 27.7. The van der Waals surface area contributed by atoms with Crippen LogP contribution in [0.3, 0.4) is 0 Å². The molecule has 20 heavy (non-hydrogen) atoms. The lowest BCUT2D eigenvalue weighted by molar-refractivity contribution is -0.132. The SMILES string of the molecule is CC1CN(C(=O)CSCC(=O)N2CCOCC2)CCN1. The minimum absolute atomic E-state index is 0.111. The highest BCUT2D eigenvalue weighted by Gasteiger charge is 2.21. The first-order chi connectivity index (χ1) is 9.66. The molecule has 2 fully saturated rings. The predicted molar refractivity (Wildman–Crippen MR) is 78.8 cm³/mol. The Balaban J connectivity index is 1.64. The summed E-state index contributed by atoms with van der Waals surface area (Å²) >= 11 is 1.41. The number of hydrogen-bond acceptors (Lipinski definition) is 5. The monoisotopic (exact) mass is 301 g/mol. The topological polar surface area (TPSA) is 61.9 Å². The summed E-state index contributed by atoms with van der Waals surface area (Å²) in [5, 5.41) is 3.31. The minimum atomic E-state index is 0.111. The van der Waals surface area contributed by atoms with Crippen LogP contribution in [-0.4, -0.2) is 85.1 Å². The third kappa shape index (κ3) is 4.64. The standard InChI is InChI=1S/C13H23N3O3S/c1-11-8-16(3-2-14-11)13(18)10-20-9-12(17)15-4-6-19-7-5-15/h11,14H,2-10H2,1H3. The molecule has 2 rings (SSSR count). The van der Waals surface area contributed by atoms with Crippen LogP contribution in [0.1, 0.15) is 6.92 Å². The van der Waals surface area contributed by atoms with E-state index in [2.05, 4.69) is 12.2 Å². The highest BCUT2D eigenvalue weighted by atomic mass is 32.2. The fraction of sp³-hybridized carbons (Fsp3) is 0.846. The molecule has 1 N–H and O–H groups in total. The van der Waals surface area contributed by atoms with Crippen molar-refractivity contribution in [2.24, 2.45) is 0 Å². The Hall–Kier alpha value is -0.790. The van der Waals surface area contributed by atoms with Crippen LogP contribution in [0.2, 0.25) is 0 Å². The molecular weight excluding hydrogens is 278 g/mol. The van der Waals surface area contributed by atoms with E-state index in [0.29, 0.717) is 43.9 Å². The second-order valence-electron chi connectivity index (χ2n) is 5.18. The van der Waals surface area contributed by atoms with Crippen molar-refractivity contribution >= 4 is 23.6 Å². The van der Waals surface area contributed by atoms with Crippen molar-refractivity contribution in [3.8, 4) is 0 Å². The van der Waals surface area contributed by atoms with E-state index in [1.165, 1.54) is 11.8 Å². The normalized spacial score (nSPS) is 23.8. The van der Waals surface area contributed by atoms with Gasteiger partial charge in [-0.1, -0.05) is 0 Å². The summed E-state index contributed by atoms with van der Waals surface area (Å²) in [6.07, 6.45) is 0. The van der Waals surface area contributed by atoms with E-state index in [1.807, 2.05) is 9.80 Å². The second kappa shape index (κ2) is 7.85. The molecule has 2 amide bonds. The molecule has 0 bridgehead atoms. The molecule has 0 spiro atoms. The van der Waals surface area contributed by atoms with E-state index in [9.17, 15) is 9.59 Å². The maximum atomic E-state index is 12.0. The van der Waals surface area contributed by atoms with Crippen LogP contribution in [0.4, 0.5) is 0 Å². The van der Waals surface area contributed by atoms with Gasteiger partial charge in [0.05, 0.1) is 24.7 Å². The zero-order chi connectivity index (χ0) is 14.4. The van der Waals surface area contributed by atoms with E-state index in [-0.39, 0.29) is 11.8 Å². The van der Waals surface area contributed by atoms with E-state index in [0.717, 1.165) is 19.6 Å². The zero-order valence-electron chi connectivity index (χ0n) is 12.0. The summed E-state index contributed by atoms with van der Waals surface area (Å²) in [6.45, 7) is 7.03. The van der Waals surface area contributed by atoms with Gasteiger partial charge in [-0.05, 0) is 6.92 Å². The van der Waals surface area contributed by atoms with E-state index < -0.39 is 0 Å². The van der Waals surface area contributed by atoms with Crippen LogP contribution in [0, 0.1) is 0 Å². The molecule has 2 heterocycles. The van der Waals surface area contributed by atoms with Gasteiger partial charge in [0.15, 0.2) is 0 Å². The van der Waals surface area contributed by atoms with Crippen molar-refractivity contribution in [2.45, 2.75) is 13.0 Å². The van der Waals surface area contributed by atoms with Crippen molar-refractivity contribution in [1.29, 1.82) is 0 Å². The molecule has 0 aromatic heterocycles. The molecule has 2 aliphatic rings. The van der Waals surface area contributed by atoms with Crippen molar-refractivity contribution in [3.05, 3.63) is 0 Å². The van der Waals surface area contributed by atoms with Crippen LogP contribution in [-0.2, 0) is 14.3 Å². The molecular formula is C13H23N3O3S. The quantitative estimate of drug-likeness (QED) is 0.751. The summed E-state index contributed by atoms with van der Waals surface area (Å²) in [6, 6.07) is 0.354. The number of ether oxygens (including phenoxy) is 1. The molecule has 0 aromatic rings. The number of rotatable bonds is 4. The Morgan fingerprint density at radius 2 is 1.80 bits per heavy atom. The van der Waals surface area contributed by atoms with Gasteiger partial charge >= 0.3 is 0 Å². The Morgan fingerprint density at radius 3 is 2.45 bits per heavy atom. The average molecular weight is 301 g/mol. The highest BCUT2D eigenvalue weighted by Crippen LogP contribution is 2.08. The maximum absolute atomic E-state index is 12.0. The number of morpholine rings is 1. The van der Waals surface area contributed by atoms with Crippen molar-refractivity contribution in [2.75, 3.05) is 57.4 Å². The van der Waals surface area contributed by atoms with Gasteiger partial charge in [-0.2, -0.15) is 0 Å². The summed E-state index contributed by atoms with van der Waals surface area (Å²) in [5.74, 6) is 1.02. The third-order valence-corrected chi connectivity index (χ3v) is 4.44. The van der Waals surface area contributed by atoms with Crippen LogP contribution in [0.5, 0.6) is 0 Å². The number of carbonyl (C=O) groups is 2. The number of thioether (sulfide) groups is 1. The molecule has 0 saturated carbocycles. The van der Waals surface area contributed by atoms with Gasteiger partial charge in [0, 0.05) is 38.8 Å². The molecule has 114 valence electrons. The Kier molecular flexibility index (Phi) is 6.12. The molecule has 2 aliphatic heterocycles. The fourth-order valence-corrected chi connectivity index (χ4v) is 3.20. The lowest BCUT2D eigenvalue weighted by atomic mass is 10.2. The van der Waals surface area contributed by atoms with E-state index in [4.69, 9.17) is 4.74 Å². The number of hydrogen-bond donors (Lipinski definition) is 1. The van der Waals surface area contributed by atoms with Crippen LogP contribution >= 0.6 is 11.8 Å². The lowest BCUT2D eigenvalue weighted by Gasteiger charge is -2.32. The summed E-state index contributed by atoms with van der Waals surface area (Å²) in [7, 11) is 0. The maximum Gasteiger partial charge on any atom is 0.232 e. The second-order valence-corrected chi connectivity index (χ2v) is 6.17. The summed E-state index contributed by atoms with van der Waals surface area (Å²) < 4.78 is 5.21. The van der Waals surface area contributed by atoms with Gasteiger partial charge in [-0.15, -0.1) is 11.8 Å². The fourth-order valence-electron chi connectivity index (χ4n) is 2.38. The Bertz CT molecular complexity index is 348. The highest BCUT2D eigenvalue weighted by molar-refractivity contribution is 8.00. The molecule has 1 atom stereocenters. The third-order valence-electron chi connectivity index (χ3n) is 3.54. The molecule has 2 saturated heterocycles. The summed E-state index contributed by atoms with van der Waals surface area (Å²) in [5.41, 5.74) is 0. The lowest BCUT2D eigenvalue weighted by Crippen LogP contribution is -2.51. The first kappa shape index (κ1) is 15.6. The predicted octanol–water partition coefficient (Wildman–Crippen LogP) is -0.601. The van der Waals surface area contributed by atoms with Gasteiger partial charge in [0.1, 0.15) is 0 Å². The smallest absolute Gasteiger partial charge is 0.232 e. The molecule has 6 nitrogen and oxygen atoms in total. The first-order valence-corrected chi connectivity index (χ1v) is 8.26. The number of nitrogens with one attached hydrogen (secondary N) is 1. The first-order valence-electron chi connectivity index (χ1n) is 7.11.